The summed E-state index contributed by atoms with van der Waals surface area (Å²) >= 11 is 0. The van der Waals surface area contributed by atoms with E-state index in [0.29, 0.717) is 19.8 Å². The number of aliphatic hydroxyl groups is 1. The molecule has 0 bridgehead atoms. The van der Waals surface area contributed by atoms with Crippen molar-refractivity contribution >= 4 is 25.2 Å². The highest BCUT2D eigenvalue weighted by atomic mass is 28.3. The molecule has 3 aliphatic heterocycles. The normalized spacial score (nSPS) is 23.8. The molecule has 0 saturated carbocycles. The summed E-state index contributed by atoms with van der Waals surface area (Å²) in [6, 6.07) is 9.49. The third kappa shape index (κ3) is 3.82. The number of benzene rings is 2. The molecule has 4 heterocycles. The minimum absolute atomic E-state index is 0.0814. The van der Waals surface area contributed by atoms with Crippen LogP contribution in [0, 0.1) is 18.2 Å². The van der Waals surface area contributed by atoms with Crippen molar-refractivity contribution in [3.63, 3.8) is 0 Å². The maximum atomic E-state index is 14.9. The van der Waals surface area contributed by atoms with E-state index in [2.05, 4.69) is 63.7 Å². The Morgan fingerprint density at radius 2 is 1.93 bits per heavy atom. The van der Waals surface area contributed by atoms with Crippen molar-refractivity contribution in [1.29, 1.82) is 0 Å². The topological polar surface area (TPSA) is 72.1 Å². The molecule has 7 rings (SSSR count). The minimum atomic E-state index is -1.98. The number of aryl methyl sites for hydroxylation is 1. The molecule has 2 saturated heterocycles. The molecule has 2 fully saturated rings. The van der Waals surface area contributed by atoms with Crippen molar-refractivity contribution in [1.82, 2.24) is 14.5 Å². The van der Waals surface area contributed by atoms with Crippen LogP contribution >= 0.6 is 0 Å². The van der Waals surface area contributed by atoms with Gasteiger partial charge < -0.3 is 24.1 Å². The number of piperidine rings is 1. The van der Waals surface area contributed by atoms with Crippen molar-refractivity contribution in [2.75, 3.05) is 26.4 Å². The predicted octanol–water partition coefficient (Wildman–Crippen LogP) is 4.26. The van der Waals surface area contributed by atoms with Crippen molar-refractivity contribution in [3.05, 3.63) is 82.2 Å². The summed E-state index contributed by atoms with van der Waals surface area (Å²) in [5.74, 6) is 0.540. The number of ether oxygens (including phenoxy) is 1. The summed E-state index contributed by atoms with van der Waals surface area (Å²) in [6.45, 7) is 10.0. The highest BCUT2D eigenvalue weighted by molar-refractivity contribution is 6.88. The van der Waals surface area contributed by atoms with Gasteiger partial charge in [-0.05, 0) is 77.9 Å². The Labute approximate surface area is 234 Å². The second-order valence-electron chi connectivity index (χ2n) is 12.9. The molecule has 208 valence electrons. The molecule has 1 spiro atoms. The van der Waals surface area contributed by atoms with Crippen LogP contribution < -0.4 is 5.19 Å². The van der Waals surface area contributed by atoms with E-state index in [4.69, 9.17) is 9.57 Å². The second kappa shape index (κ2) is 8.86. The van der Waals surface area contributed by atoms with Crippen LogP contribution in [-0.4, -0.2) is 59.8 Å². The molecular formula is C31H35FN4O3Si. The summed E-state index contributed by atoms with van der Waals surface area (Å²) in [5, 5.41) is 16.2. The molecule has 3 aromatic rings. The van der Waals surface area contributed by atoms with Gasteiger partial charge in [0, 0.05) is 29.4 Å². The van der Waals surface area contributed by atoms with Gasteiger partial charge in [-0.15, -0.1) is 0 Å². The molecule has 40 heavy (non-hydrogen) atoms. The van der Waals surface area contributed by atoms with E-state index < -0.39 is 13.8 Å². The molecule has 1 atom stereocenters. The third-order valence-electron chi connectivity index (χ3n) is 8.96. The van der Waals surface area contributed by atoms with Crippen LogP contribution in [0.15, 0.2) is 53.6 Å². The molecule has 1 unspecified atom stereocenters. The van der Waals surface area contributed by atoms with Crippen LogP contribution in [0.25, 0.3) is 11.8 Å². The molecule has 7 nitrogen and oxygen atoms in total. The first-order chi connectivity index (χ1) is 19.1. The van der Waals surface area contributed by atoms with Crippen molar-refractivity contribution < 1.29 is 19.1 Å². The summed E-state index contributed by atoms with van der Waals surface area (Å²) in [7, 11) is -1.98. The first kappa shape index (κ1) is 25.7. The average molecular weight is 559 g/mol. The number of hydrogen-bond acceptors (Lipinski definition) is 6. The van der Waals surface area contributed by atoms with Crippen LogP contribution in [0.2, 0.25) is 19.6 Å². The van der Waals surface area contributed by atoms with Crippen molar-refractivity contribution in [2.45, 2.75) is 51.6 Å². The largest absolute Gasteiger partial charge is 0.390 e. The van der Waals surface area contributed by atoms with E-state index in [9.17, 15) is 9.50 Å². The number of fused-ring (bicyclic) bond motifs is 2. The maximum Gasteiger partial charge on any atom is 0.260 e. The number of oxime groups is 1. The third-order valence-corrected chi connectivity index (χ3v) is 11.0. The smallest absolute Gasteiger partial charge is 0.260 e. The zero-order chi connectivity index (χ0) is 27.9. The highest BCUT2D eigenvalue weighted by Crippen LogP contribution is 2.48. The van der Waals surface area contributed by atoms with Gasteiger partial charge in [-0.2, -0.15) is 0 Å². The highest BCUT2D eigenvalue weighted by Gasteiger charge is 2.56. The molecule has 1 aliphatic carbocycles. The first-order valence-electron chi connectivity index (χ1n) is 14.0. The molecular weight excluding hydrogens is 523 g/mol. The number of imidazole rings is 1. The van der Waals surface area contributed by atoms with Gasteiger partial charge in [0.05, 0.1) is 33.3 Å². The summed E-state index contributed by atoms with van der Waals surface area (Å²) in [6.07, 6.45) is 9.10. The zero-order valence-corrected chi connectivity index (χ0v) is 24.5. The number of amidine groups is 1. The molecule has 2 aromatic carbocycles. The fourth-order valence-corrected chi connectivity index (χ4v) is 8.01. The molecule has 4 aliphatic rings. The quantitative estimate of drug-likeness (QED) is 0.474. The Balaban J connectivity index is 1.29. The van der Waals surface area contributed by atoms with Crippen molar-refractivity contribution in [2.24, 2.45) is 10.6 Å². The molecule has 9 heteroatoms. The number of aromatic nitrogens is 2. The van der Waals surface area contributed by atoms with Gasteiger partial charge in [0.2, 0.25) is 0 Å². The molecule has 1 aromatic heterocycles. The van der Waals surface area contributed by atoms with Gasteiger partial charge in [-0.3, -0.25) is 0 Å². The Hall–Kier alpha value is -3.27. The lowest BCUT2D eigenvalue weighted by molar-refractivity contribution is -0.178. The van der Waals surface area contributed by atoms with Crippen LogP contribution in [0.4, 0.5) is 4.39 Å². The molecule has 0 radical (unpaired) electrons. The zero-order valence-electron chi connectivity index (χ0n) is 23.5. The van der Waals surface area contributed by atoms with Gasteiger partial charge in [0.15, 0.2) is 5.84 Å². The van der Waals surface area contributed by atoms with Gasteiger partial charge in [-0.1, -0.05) is 36.9 Å². The fraction of sp³-hybridized carbons (Fsp3) is 0.419. The van der Waals surface area contributed by atoms with Crippen LogP contribution in [0.5, 0.6) is 0 Å². The summed E-state index contributed by atoms with van der Waals surface area (Å²) in [4.78, 5) is 12.7. The number of rotatable bonds is 5. The van der Waals surface area contributed by atoms with E-state index >= 15 is 0 Å². The number of hydrogen-bond donors (Lipinski definition) is 1. The van der Waals surface area contributed by atoms with E-state index in [1.165, 1.54) is 28.4 Å². The van der Waals surface area contributed by atoms with Gasteiger partial charge >= 0.3 is 0 Å². The minimum Gasteiger partial charge on any atom is -0.390 e. The SMILES string of the molecule is Cc1cn(-c2ccc(C=C3CC4(COC4)CN4C3=NOC4(CO)c3ccc(F)c([Si](C)(C)C)c3)c3c2CC3)cn1. The number of nitrogens with zero attached hydrogens (tertiary/aromatic N) is 4. The summed E-state index contributed by atoms with van der Waals surface area (Å²) < 4.78 is 22.7. The predicted molar refractivity (Wildman–Crippen MR) is 155 cm³/mol. The lowest BCUT2D eigenvalue weighted by Gasteiger charge is -2.51. The number of halogens is 1. The standard InChI is InChI=1S/C31H35FN4O3Si/c1-20-14-35(19-33-20)27-10-5-21(24-7-8-25(24)27)11-22-13-30(17-38-18-30)15-36-29(22)34-39-31(36,16-37)23-6-9-26(32)28(12-23)40(2,3)4/h5-6,9-12,14,19,37H,7-8,13,15-18H2,1-4H3. The van der Waals surface area contributed by atoms with E-state index in [-0.39, 0.29) is 17.8 Å². The Bertz CT molecular complexity index is 1590. The monoisotopic (exact) mass is 558 g/mol. The molecule has 0 amide bonds. The first-order valence-corrected chi connectivity index (χ1v) is 17.5. The van der Waals surface area contributed by atoms with Crippen LogP contribution in [0.3, 0.4) is 0 Å². The van der Waals surface area contributed by atoms with Crippen LogP contribution in [-0.2, 0) is 28.1 Å². The van der Waals surface area contributed by atoms with Gasteiger partial charge in [-0.25, -0.2) is 9.37 Å². The Morgan fingerprint density at radius 1 is 1.12 bits per heavy atom. The second-order valence-corrected chi connectivity index (χ2v) is 17.9. The van der Waals surface area contributed by atoms with Gasteiger partial charge in [0.1, 0.15) is 12.4 Å². The number of aliphatic hydroxyl groups excluding tert-OH is 1. The maximum absolute atomic E-state index is 14.9. The lowest BCUT2D eigenvalue weighted by Crippen LogP contribution is -2.61. The Kier molecular flexibility index (Phi) is 5.69. The molecule has 1 N–H and O–H groups in total. The van der Waals surface area contributed by atoms with E-state index in [0.717, 1.165) is 47.1 Å². The van der Waals surface area contributed by atoms with E-state index in [1.54, 1.807) is 6.07 Å². The van der Waals surface area contributed by atoms with Gasteiger partial charge in [0.25, 0.3) is 5.72 Å². The van der Waals surface area contributed by atoms with Crippen LogP contribution in [0.1, 0.15) is 34.4 Å². The summed E-state index contributed by atoms with van der Waals surface area (Å²) in [5.41, 5.74) is 6.63. The average Bonchev–Trinajstić information content (AvgIpc) is 3.47. The lowest BCUT2D eigenvalue weighted by atomic mass is 9.74. The van der Waals surface area contributed by atoms with Crippen molar-refractivity contribution in [3.8, 4) is 5.69 Å². The van der Waals surface area contributed by atoms with E-state index in [1.807, 2.05) is 19.3 Å². The fourth-order valence-electron chi connectivity index (χ4n) is 6.62. The Morgan fingerprint density at radius 3 is 2.55 bits per heavy atom.